The van der Waals surface area contributed by atoms with Crippen molar-refractivity contribution in [2.75, 3.05) is 39.7 Å². The number of ether oxygens (including phenoxy) is 3. The summed E-state index contributed by atoms with van der Waals surface area (Å²) >= 11 is 0. The molecular weight excluding hydrogens is 574 g/mol. The Kier molecular flexibility index (Phi) is 9.63. The van der Waals surface area contributed by atoms with Crippen LogP contribution >= 0.6 is 0 Å². The monoisotopic (exact) mass is 621 g/mol. The number of carbonyl (C=O) groups is 2. The van der Waals surface area contributed by atoms with Crippen molar-refractivity contribution in [1.29, 1.82) is 0 Å². The van der Waals surface area contributed by atoms with E-state index in [0.29, 0.717) is 60.9 Å². The number of rotatable bonds is 8. The van der Waals surface area contributed by atoms with Gasteiger partial charge >= 0.3 is 0 Å². The topological polar surface area (TPSA) is 126 Å². The maximum Gasteiger partial charge on any atom is 0.245 e. The van der Waals surface area contributed by atoms with Crippen molar-refractivity contribution in [2.24, 2.45) is 11.8 Å². The van der Waals surface area contributed by atoms with Crippen LogP contribution in [0.2, 0.25) is 0 Å². The standard InChI is InChI=1S/C35H47N3O7/c1-20(2)31(34(41)38-16-15-35(42)14-8-7-9-23(35)19-38)37-27-13-11-24-25(18-28(27)40)26(36-21(3)39)12-10-22-17-29(43-4)32(44-5)33(45-6)30(22)24/h11,13,17-18,20,23,26,31,42H,7-10,12,14-16,19H2,1-6H3,(H,36,39)(H,37,40)/t23-,26-,31-,35-/m0/s1. The lowest BCUT2D eigenvalue weighted by Crippen LogP contribution is -2.57. The Morgan fingerprint density at radius 2 is 1.78 bits per heavy atom. The van der Waals surface area contributed by atoms with Gasteiger partial charge in [-0.15, -0.1) is 0 Å². The molecule has 10 heteroatoms. The lowest BCUT2D eigenvalue weighted by atomic mass is 9.71. The number of fused-ring (bicyclic) bond motifs is 4. The smallest absolute Gasteiger partial charge is 0.245 e. The van der Waals surface area contributed by atoms with E-state index in [1.807, 2.05) is 30.9 Å². The molecule has 0 bridgehead atoms. The molecule has 2 amide bonds. The predicted octanol–water partition coefficient (Wildman–Crippen LogP) is 4.45. The number of hydrogen-bond donors (Lipinski definition) is 3. The van der Waals surface area contributed by atoms with Crippen LogP contribution in [0.3, 0.4) is 0 Å². The van der Waals surface area contributed by atoms with Crippen LogP contribution in [-0.4, -0.2) is 67.9 Å². The van der Waals surface area contributed by atoms with Gasteiger partial charge < -0.3 is 34.9 Å². The zero-order valence-corrected chi connectivity index (χ0v) is 27.3. The van der Waals surface area contributed by atoms with Gasteiger partial charge in [-0.05, 0) is 72.9 Å². The summed E-state index contributed by atoms with van der Waals surface area (Å²) in [5.41, 5.74) is 2.42. The summed E-state index contributed by atoms with van der Waals surface area (Å²) in [6, 6.07) is 6.00. The number of nitrogens with one attached hydrogen (secondary N) is 2. The van der Waals surface area contributed by atoms with Crippen molar-refractivity contribution in [3.8, 4) is 28.4 Å². The zero-order valence-electron chi connectivity index (χ0n) is 27.3. The first-order chi connectivity index (χ1) is 21.5. The van der Waals surface area contributed by atoms with Crippen molar-refractivity contribution in [1.82, 2.24) is 10.2 Å². The van der Waals surface area contributed by atoms with E-state index in [1.165, 1.54) is 6.92 Å². The quantitative estimate of drug-likeness (QED) is 0.395. The number of piperidine rings is 1. The highest BCUT2D eigenvalue weighted by Crippen LogP contribution is 2.50. The molecule has 2 aromatic carbocycles. The number of aryl methyl sites for hydroxylation is 1. The summed E-state index contributed by atoms with van der Waals surface area (Å²) in [6.07, 6.45) is 5.54. The fraction of sp³-hybridized carbons (Fsp3) is 0.571. The van der Waals surface area contributed by atoms with Crippen molar-refractivity contribution in [3.05, 3.63) is 45.6 Å². The maximum atomic E-state index is 14.0. The molecule has 1 heterocycles. The minimum Gasteiger partial charge on any atom is -0.493 e. The third-order valence-electron chi connectivity index (χ3n) is 9.90. The largest absolute Gasteiger partial charge is 0.493 e. The minimum atomic E-state index is -0.683. The Labute approximate surface area is 265 Å². The first-order valence-corrected chi connectivity index (χ1v) is 16.1. The van der Waals surface area contributed by atoms with Crippen molar-refractivity contribution in [2.45, 2.75) is 83.4 Å². The lowest BCUT2D eigenvalue weighted by Gasteiger charge is -2.48. The first-order valence-electron chi connectivity index (χ1n) is 16.1. The van der Waals surface area contributed by atoms with Gasteiger partial charge in [0, 0.05) is 31.5 Å². The average Bonchev–Trinajstić information content (AvgIpc) is 3.25. The van der Waals surface area contributed by atoms with Crippen LogP contribution in [0.4, 0.5) is 5.69 Å². The van der Waals surface area contributed by atoms with E-state index in [9.17, 15) is 19.5 Å². The van der Waals surface area contributed by atoms with Gasteiger partial charge in [0.25, 0.3) is 0 Å². The molecule has 4 atom stereocenters. The first kappa shape index (κ1) is 32.6. The van der Waals surface area contributed by atoms with Crippen LogP contribution in [0.25, 0.3) is 11.1 Å². The van der Waals surface area contributed by atoms with E-state index < -0.39 is 17.7 Å². The van der Waals surface area contributed by atoms with E-state index in [-0.39, 0.29) is 29.1 Å². The van der Waals surface area contributed by atoms with Gasteiger partial charge in [0.15, 0.2) is 11.5 Å². The van der Waals surface area contributed by atoms with Crippen molar-refractivity contribution in [3.63, 3.8) is 0 Å². The molecule has 0 unspecified atom stereocenters. The highest BCUT2D eigenvalue weighted by atomic mass is 16.5. The van der Waals surface area contributed by atoms with Crippen molar-refractivity contribution < 1.29 is 28.9 Å². The SMILES string of the molecule is COc1cc2c(c(OC)c1OC)-c1ccc(N[C@H](C(=O)N3CC[C@@]4(O)CCCC[C@H]4C3)C(C)C)c(=O)cc1[C@@H](NC(C)=O)CC2. The molecule has 1 saturated heterocycles. The van der Waals surface area contributed by atoms with Crippen LogP contribution in [0.15, 0.2) is 29.1 Å². The summed E-state index contributed by atoms with van der Waals surface area (Å²) < 4.78 is 17.2. The number of benzene rings is 1. The lowest BCUT2D eigenvalue weighted by molar-refractivity contribution is -0.145. The molecule has 2 fully saturated rings. The molecule has 3 aliphatic rings. The van der Waals surface area contributed by atoms with Gasteiger partial charge in [0.05, 0.1) is 38.7 Å². The van der Waals surface area contributed by atoms with Crippen LogP contribution < -0.4 is 30.3 Å². The van der Waals surface area contributed by atoms with Gasteiger partial charge in [-0.3, -0.25) is 14.4 Å². The number of carbonyl (C=O) groups excluding carboxylic acids is 2. The molecule has 0 spiro atoms. The predicted molar refractivity (Wildman–Crippen MR) is 173 cm³/mol. The van der Waals surface area contributed by atoms with Gasteiger partial charge in [0.1, 0.15) is 6.04 Å². The number of anilines is 1. The number of methoxy groups -OCH3 is 3. The molecule has 0 radical (unpaired) electrons. The van der Waals surface area contributed by atoms with E-state index in [0.717, 1.165) is 42.4 Å². The third kappa shape index (κ3) is 6.34. The van der Waals surface area contributed by atoms with E-state index in [1.54, 1.807) is 33.5 Å². The number of hydrogen-bond acceptors (Lipinski definition) is 8. The molecule has 1 aliphatic heterocycles. The van der Waals surface area contributed by atoms with Crippen molar-refractivity contribution >= 4 is 17.5 Å². The Morgan fingerprint density at radius 1 is 1.02 bits per heavy atom. The summed E-state index contributed by atoms with van der Waals surface area (Å²) in [6.45, 7) is 6.42. The normalized spacial score (nSPS) is 23.1. The Balaban J connectivity index is 1.56. The molecule has 10 nitrogen and oxygen atoms in total. The minimum absolute atomic E-state index is 0.0648. The number of likely N-dealkylation sites (tertiary alicyclic amines) is 1. The van der Waals surface area contributed by atoms with Gasteiger partial charge in [-0.1, -0.05) is 32.8 Å². The number of aliphatic hydroxyl groups is 1. The van der Waals surface area contributed by atoms with Crippen LogP contribution in [-0.2, 0) is 16.0 Å². The summed E-state index contributed by atoms with van der Waals surface area (Å²) in [5.74, 6) is 1.16. The van der Waals surface area contributed by atoms with Crippen LogP contribution in [0.1, 0.15) is 76.5 Å². The highest BCUT2D eigenvalue weighted by molar-refractivity contribution is 5.86. The average molecular weight is 622 g/mol. The second kappa shape index (κ2) is 13.3. The van der Waals surface area contributed by atoms with E-state index in [4.69, 9.17) is 14.2 Å². The zero-order chi connectivity index (χ0) is 32.5. The Morgan fingerprint density at radius 3 is 2.44 bits per heavy atom. The summed E-state index contributed by atoms with van der Waals surface area (Å²) in [7, 11) is 4.69. The molecule has 5 rings (SSSR count). The van der Waals surface area contributed by atoms with Gasteiger partial charge in [0.2, 0.25) is 23.0 Å². The number of nitrogens with zero attached hydrogens (tertiary/aromatic N) is 1. The second-order valence-corrected chi connectivity index (χ2v) is 13.0. The van der Waals surface area contributed by atoms with E-state index in [2.05, 4.69) is 10.6 Å². The van der Waals surface area contributed by atoms with Gasteiger partial charge in [-0.2, -0.15) is 0 Å². The molecule has 3 N–H and O–H groups in total. The Bertz CT molecular complexity index is 1510. The summed E-state index contributed by atoms with van der Waals surface area (Å²) in [5, 5.41) is 17.5. The molecule has 2 aromatic rings. The molecule has 0 aromatic heterocycles. The fourth-order valence-corrected chi connectivity index (χ4v) is 7.48. The van der Waals surface area contributed by atoms with E-state index >= 15 is 0 Å². The second-order valence-electron chi connectivity index (χ2n) is 13.0. The molecule has 45 heavy (non-hydrogen) atoms. The number of amides is 2. The Hall–Kier alpha value is -3.79. The van der Waals surface area contributed by atoms with Crippen LogP contribution in [0.5, 0.6) is 17.2 Å². The van der Waals surface area contributed by atoms with Gasteiger partial charge in [-0.25, -0.2) is 0 Å². The highest BCUT2D eigenvalue weighted by Gasteiger charge is 2.45. The molecule has 2 aliphatic carbocycles. The molecular formula is C35H47N3O7. The molecule has 244 valence electrons. The van der Waals surface area contributed by atoms with Crippen LogP contribution in [0, 0.1) is 11.8 Å². The third-order valence-corrected chi connectivity index (χ3v) is 9.90. The molecule has 1 saturated carbocycles. The maximum absolute atomic E-state index is 14.0. The summed E-state index contributed by atoms with van der Waals surface area (Å²) in [4.78, 5) is 42.0. The fourth-order valence-electron chi connectivity index (χ4n) is 7.48.